The van der Waals surface area contributed by atoms with Crippen molar-refractivity contribution in [1.82, 2.24) is 10.2 Å². The number of esters is 1. The van der Waals surface area contributed by atoms with Crippen LogP contribution in [0.5, 0.6) is 0 Å². The number of rotatable bonds is 6. The molecule has 0 aliphatic carbocycles. The lowest BCUT2D eigenvalue weighted by molar-refractivity contribution is -0.140. The van der Waals surface area contributed by atoms with Crippen LogP contribution in [-0.4, -0.2) is 55.7 Å². The minimum absolute atomic E-state index is 0.0397. The first kappa shape index (κ1) is 18.4. The van der Waals surface area contributed by atoms with Crippen LogP contribution in [0.4, 0.5) is 0 Å². The average molecular weight is 334 g/mol. The van der Waals surface area contributed by atoms with E-state index in [4.69, 9.17) is 4.74 Å². The first-order valence-corrected chi connectivity index (χ1v) is 8.17. The first-order valence-electron chi connectivity index (χ1n) is 8.17. The van der Waals surface area contributed by atoms with Crippen LogP contribution in [0.2, 0.25) is 0 Å². The molecule has 1 amide bonds. The summed E-state index contributed by atoms with van der Waals surface area (Å²) in [6.45, 7) is 5.91. The van der Waals surface area contributed by atoms with Gasteiger partial charge in [-0.05, 0) is 19.4 Å². The molecule has 1 unspecified atom stereocenters. The van der Waals surface area contributed by atoms with Crippen molar-refractivity contribution in [3.63, 3.8) is 0 Å². The maximum absolute atomic E-state index is 12.2. The number of amides is 1. The van der Waals surface area contributed by atoms with Crippen molar-refractivity contribution in [2.24, 2.45) is 0 Å². The third kappa shape index (κ3) is 5.04. The summed E-state index contributed by atoms with van der Waals surface area (Å²) >= 11 is 0. The maximum Gasteiger partial charge on any atom is 0.307 e. The highest BCUT2D eigenvalue weighted by Crippen LogP contribution is 2.29. The number of nitrogens with zero attached hydrogens (tertiary/aromatic N) is 1. The summed E-state index contributed by atoms with van der Waals surface area (Å²) in [6.07, 6.45) is 0.142. The molecule has 6 heteroatoms. The second kappa shape index (κ2) is 8.26. The zero-order valence-corrected chi connectivity index (χ0v) is 14.6. The Hall–Kier alpha value is -1.92. The van der Waals surface area contributed by atoms with Gasteiger partial charge in [-0.15, -0.1) is 0 Å². The van der Waals surface area contributed by atoms with Gasteiger partial charge in [0.1, 0.15) is 0 Å². The molecule has 1 aliphatic heterocycles. The van der Waals surface area contributed by atoms with Gasteiger partial charge in [-0.25, -0.2) is 0 Å². The number of carbonyl (C=O) groups is 2. The summed E-state index contributed by atoms with van der Waals surface area (Å²) in [4.78, 5) is 25.4. The number of methoxy groups -OCH3 is 1. The normalized spacial score (nSPS) is 20.4. The van der Waals surface area contributed by atoms with E-state index in [1.807, 2.05) is 30.3 Å². The Morgan fingerprint density at radius 2 is 2.04 bits per heavy atom. The van der Waals surface area contributed by atoms with Gasteiger partial charge in [0, 0.05) is 18.6 Å². The third-order valence-electron chi connectivity index (χ3n) is 4.26. The fourth-order valence-corrected chi connectivity index (χ4v) is 2.68. The molecule has 1 saturated heterocycles. The van der Waals surface area contributed by atoms with Gasteiger partial charge in [-0.3, -0.25) is 14.5 Å². The third-order valence-corrected chi connectivity index (χ3v) is 4.26. The van der Waals surface area contributed by atoms with Crippen LogP contribution in [0, 0.1) is 0 Å². The lowest BCUT2D eigenvalue weighted by Crippen LogP contribution is -2.56. The number of hydrogen-bond donors (Lipinski definition) is 1. The summed E-state index contributed by atoms with van der Waals surface area (Å²) < 4.78 is 10.5. The first-order chi connectivity index (χ1) is 11.4. The van der Waals surface area contributed by atoms with E-state index in [1.54, 1.807) is 0 Å². The fraction of sp³-hybridized carbons (Fsp3) is 0.556. The Balaban J connectivity index is 1.91. The zero-order valence-electron chi connectivity index (χ0n) is 14.6. The Kier molecular flexibility index (Phi) is 6.34. The van der Waals surface area contributed by atoms with E-state index in [1.165, 1.54) is 7.11 Å². The van der Waals surface area contributed by atoms with Crippen LogP contribution in [0.3, 0.4) is 0 Å². The van der Waals surface area contributed by atoms with E-state index >= 15 is 0 Å². The standard InChI is InChI=1S/C18H26N2O4/c1-18(2)13-24-15(14-7-5-4-6-8-14)11-20(18)12-16(21)19-10-9-17(22)23-3/h4-8,15H,9-13H2,1-3H3,(H,19,21). The molecule has 1 atom stereocenters. The Morgan fingerprint density at radius 1 is 1.33 bits per heavy atom. The number of carbonyl (C=O) groups excluding carboxylic acids is 2. The van der Waals surface area contributed by atoms with Gasteiger partial charge < -0.3 is 14.8 Å². The van der Waals surface area contributed by atoms with E-state index in [0.29, 0.717) is 19.7 Å². The van der Waals surface area contributed by atoms with Crippen molar-refractivity contribution in [3.05, 3.63) is 35.9 Å². The quantitative estimate of drug-likeness (QED) is 0.799. The number of hydrogen-bond acceptors (Lipinski definition) is 5. The maximum atomic E-state index is 12.2. The van der Waals surface area contributed by atoms with E-state index in [9.17, 15) is 9.59 Å². The van der Waals surface area contributed by atoms with Crippen molar-refractivity contribution < 1.29 is 19.1 Å². The fourth-order valence-electron chi connectivity index (χ4n) is 2.68. The van der Waals surface area contributed by atoms with Crippen molar-refractivity contribution >= 4 is 11.9 Å². The minimum atomic E-state index is -0.328. The van der Waals surface area contributed by atoms with E-state index in [0.717, 1.165) is 5.56 Å². The van der Waals surface area contributed by atoms with Gasteiger partial charge in [-0.1, -0.05) is 30.3 Å². The molecule has 1 aromatic carbocycles. The molecule has 1 aliphatic rings. The number of morpholine rings is 1. The van der Waals surface area contributed by atoms with Crippen LogP contribution >= 0.6 is 0 Å². The molecular formula is C18H26N2O4. The monoisotopic (exact) mass is 334 g/mol. The molecule has 1 aromatic rings. The van der Waals surface area contributed by atoms with Crippen LogP contribution in [0.1, 0.15) is 31.9 Å². The second-order valence-electron chi connectivity index (χ2n) is 6.58. The van der Waals surface area contributed by atoms with Crippen LogP contribution in [-0.2, 0) is 19.1 Å². The van der Waals surface area contributed by atoms with Crippen molar-refractivity contribution in [2.45, 2.75) is 31.9 Å². The molecule has 0 saturated carbocycles. The molecular weight excluding hydrogens is 308 g/mol. The number of ether oxygens (including phenoxy) is 2. The van der Waals surface area contributed by atoms with E-state index in [2.05, 4.69) is 28.8 Å². The number of nitrogens with one attached hydrogen (secondary N) is 1. The summed E-state index contributed by atoms with van der Waals surface area (Å²) in [5, 5.41) is 2.77. The summed E-state index contributed by atoms with van der Waals surface area (Å²) in [5.41, 5.74) is 0.898. The molecule has 0 bridgehead atoms. The Bertz CT molecular complexity index is 559. The molecule has 1 heterocycles. The van der Waals surface area contributed by atoms with Gasteiger partial charge in [0.05, 0.1) is 32.8 Å². The van der Waals surface area contributed by atoms with Crippen LogP contribution in [0.25, 0.3) is 0 Å². The van der Waals surface area contributed by atoms with Gasteiger partial charge in [-0.2, -0.15) is 0 Å². The lowest BCUT2D eigenvalue weighted by Gasteiger charge is -2.45. The van der Waals surface area contributed by atoms with Gasteiger partial charge in [0.2, 0.25) is 5.91 Å². The lowest BCUT2D eigenvalue weighted by atomic mass is 9.98. The Labute approximate surface area is 143 Å². The van der Waals surface area contributed by atoms with Crippen molar-refractivity contribution in [1.29, 1.82) is 0 Å². The largest absolute Gasteiger partial charge is 0.469 e. The summed E-state index contributed by atoms with van der Waals surface area (Å²) in [6, 6.07) is 10.0. The smallest absolute Gasteiger partial charge is 0.307 e. The molecule has 1 N–H and O–H groups in total. The van der Waals surface area contributed by atoms with Crippen LogP contribution < -0.4 is 5.32 Å². The van der Waals surface area contributed by atoms with Gasteiger partial charge in [0.15, 0.2) is 0 Å². The molecule has 2 rings (SSSR count). The van der Waals surface area contributed by atoms with Gasteiger partial charge >= 0.3 is 5.97 Å². The summed E-state index contributed by atoms with van der Waals surface area (Å²) in [5.74, 6) is -0.424. The van der Waals surface area contributed by atoms with E-state index < -0.39 is 0 Å². The molecule has 0 radical (unpaired) electrons. The van der Waals surface area contributed by atoms with Gasteiger partial charge in [0.25, 0.3) is 0 Å². The molecule has 132 valence electrons. The molecule has 1 fully saturated rings. The SMILES string of the molecule is COC(=O)CCNC(=O)CN1CC(c2ccccc2)OCC1(C)C. The highest BCUT2D eigenvalue weighted by Gasteiger charge is 2.36. The topological polar surface area (TPSA) is 67.9 Å². The Morgan fingerprint density at radius 3 is 2.71 bits per heavy atom. The molecule has 0 aromatic heterocycles. The van der Waals surface area contributed by atoms with Crippen molar-refractivity contribution in [2.75, 3.05) is 33.4 Å². The average Bonchev–Trinajstić information content (AvgIpc) is 2.57. The predicted octanol–water partition coefficient (Wildman–Crippen LogP) is 1.52. The molecule has 0 spiro atoms. The number of benzene rings is 1. The molecule has 6 nitrogen and oxygen atoms in total. The highest BCUT2D eigenvalue weighted by molar-refractivity contribution is 5.79. The van der Waals surface area contributed by atoms with Crippen LogP contribution in [0.15, 0.2) is 30.3 Å². The zero-order chi connectivity index (χ0) is 17.6. The molecule has 24 heavy (non-hydrogen) atoms. The van der Waals surface area contributed by atoms with E-state index in [-0.39, 0.29) is 36.5 Å². The predicted molar refractivity (Wildman–Crippen MR) is 90.4 cm³/mol. The van der Waals surface area contributed by atoms with Crippen molar-refractivity contribution in [3.8, 4) is 0 Å². The minimum Gasteiger partial charge on any atom is -0.469 e. The second-order valence-corrected chi connectivity index (χ2v) is 6.58. The highest BCUT2D eigenvalue weighted by atomic mass is 16.5. The summed E-state index contributed by atoms with van der Waals surface area (Å²) in [7, 11) is 1.34.